The molecule has 0 aliphatic rings. The lowest BCUT2D eigenvalue weighted by Crippen LogP contribution is -2.26. The minimum Gasteiger partial charge on any atom is -0.497 e. The smallest absolute Gasteiger partial charge is 0.338 e. The van der Waals surface area contributed by atoms with Crippen LogP contribution in [0.25, 0.3) is 0 Å². The molecule has 10 heteroatoms. The van der Waals surface area contributed by atoms with Crippen LogP contribution >= 0.6 is 0 Å². The van der Waals surface area contributed by atoms with Crippen molar-refractivity contribution >= 4 is 33.3 Å². The zero-order valence-electron chi connectivity index (χ0n) is 17.8. The van der Waals surface area contributed by atoms with Crippen molar-refractivity contribution in [2.45, 2.75) is 4.90 Å². The number of hydrogen-bond donors (Lipinski definition) is 1. The van der Waals surface area contributed by atoms with Gasteiger partial charge in [0.15, 0.2) is 6.61 Å². The molecule has 0 spiro atoms. The van der Waals surface area contributed by atoms with Crippen molar-refractivity contribution in [3.05, 3.63) is 84.2 Å². The number of anilines is 2. The molecule has 0 bridgehead atoms. The van der Waals surface area contributed by atoms with E-state index in [0.29, 0.717) is 17.1 Å². The number of sulfonamides is 1. The summed E-state index contributed by atoms with van der Waals surface area (Å²) >= 11 is 0. The first-order chi connectivity index (χ1) is 15.7. The van der Waals surface area contributed by atoms with E-state index in [9.17, 15) is 22.4 Å². The molecule has 0 fully saturated rings. The number of benzene rings is 3. The van der Waals surface area contributed by atoms with E-state index in [2.05, 4.69) is 5.32 Å². The Morgan fingerprint density at radius 1 is 1.00 bits per heavy atom. The van der Waals surface area contributed by atoms with Crippen LogP contribution in [0.2, 0.25) is 0 Å². The Kier molecular flexibility index (Phi) is 7.29. The van der Waals surface area contributed by atoms with Crippen molar-refractivity contribution in [1.82, 2.24) is 0 Å². The van der Waals surface area contributed by atoms with Gasteiger partial charge in [0, 0.05) is 12.7 Å². The van der Waals surface area contributed by atoms with Gasteiger partial charge in [-0.05, 0) is 66.7 Å². The van der Waals surface area contributed by atoms with Crippen molar-refractivity contribution in [3.8, 4) is 5.75 Å². The first kappa shape index (κ1) is 23.7. The standard InChI is InChI=1S/C23H21FN2O6S/c1-26(19-10-12-20(31-2)13-11-19)33(29,30)21-5-3-4-16(14-21)23(28)32-15-22(27)25-18-8-6-17(24)7-9-18/h3-14H,15H2,1-2H3,(H,25,27). The van der Waals surface area contributed by atoms with E-state index in [1.54, 1.807) is 24.3 Å². The summed E-state index contributed by atoms with van der Waals surface area (Å²) < 4.78 is 50.1. The number of hydrogen-bond acceptors (Lipinski definition) is 6. The summed E-state index contributed by atoms with van der Waals surface area (Å²) in [6.45, 7) is -0.598. The van der Waals surface area contributed by atoms with Crippen LogP contribution in [0.3, 0.4) is 0 Å². The van der Waals surface area contributed by atoms with Gasteiger partial charge in [-0.1, -0.05) is 6.07 Å². The van der Waals surface area contributed by atoms with E-state index in [1.165, 1.54) is 62.7 Å². The first-order valence-corrected chi connectivity index (χ1v) is 11.1. The number of carbonyl (C=O) groups is 2. The van der Waals surface area contributed by atoms with Crippen molar-refractivity contribution in [2.75, 3.05) is 30.4 Å². The maximum Gasteiger partial charge on any atom is 0.338 e. The van der Waals surface area contributed by atoms with E-state index in [0.717, 1.165) is 4.31 Å². The number of halogens is 1. The van der Waals surface area contributed by atoms with Gasteiger partial charge >= 0.3 is 5.97 Å². The van der Waals surface area contributed by atoms with Gasteiger partial charge in [0.1, 0.15) is 11.6 Å². The zero-order chi connectivity index (χ0) is 24.0. The topological polar surface area (TPSA) is 102 Å². The Hall–Kier alpha value is -3.92. The Labute approximate surface area is 190 Å². The summed E-state index contributed by atoms with van der Waals surface area (Å²) in [4.78, 5) is 24.2. The molecule has 3 aromatic carbocycles. The summed E-state index contributed by atoms with van der Waals surface area (Å²) in [6.07, 6.45) is 0. The van der Waals surface area contributed by atoms with E-state index in [1.807, 2.05) is 0 Å². The third kappa shape index (κ3) is 5.86. The average molecular weight is 472 g/mol. The number of ether oxygens (including phenoxy) is 2. The van der Waals surface area contributed by atoms with Gasteiger partial charge in [0.05, 0.1) is 23.3 Å². The van der Waals surface area contributed by atoms with Crippen molar-refractivity contribution in [3.63, 3.8) is 0 Å². The van der Waals surface area contributed by atoms with E-state index < -0.39 is 34.3 Å². The molecule has 172 valence electrons. The Morgan fingerprint density at radius 2 is 1.67 bits per heavy atom. The zero-order valence-corrected chi connectivity index (χ0v) is 18.6. The van der Waals surface area contributed by atoms with Gasteiger partial charge in [-0.2, -0.15) is 0 Å². The number of amides is 1. The van der Waals surface area contributed by atoms with Gasteiger partial charge in [0.25, 0.3) is 15.9 Å². The van der Waals surface area contributed by atoms with Gasteiger partial charge in [0.2, 0.25) is 0 Å². The minimum absolute atomic E-state index is 0.0335. The SMILES string of the molecule is COc1ccc(N(C)S(=O)(=O)c2cccc(C(=O)OCC(=O)Nc3ccc(F)cc3)c2)cc1. The van der Waals surface area contributed by atoms with Crippen LogP contribution in [-0.4, -0.2) is 41.1 Å². The molecular weight excluding hydrogens is 451 g/mol. The second-order valence-corrected chi connectivity index (χ2v) is 8.80. The summed E-state index contributed by atoms with van der Waals surface area (Å²) in [6, 6.07) is 16.8. The molecular formula is C23H21FN2O6S. The fraction of sp³-hybridized carbons (Fsp3) is 0.130. The number of rotatable bonds is 8. The largest absolute Gasteiger partial charge is 0.497 e. The van der Waals surface area contributed by atoms with Crippen molar-refractivity contribution in [1.29, 1.82) is 0 Å². The van der Waals surface area contributed by atoms with Crippen LogP contribution in [0, 0.1) is 5.82 Å². The predicted octanol–water partition coefficient (Wildman–Crippen LogP) is 3.45. The quantitative estimate of drug-likeness (QED) is 0.504. The molecule has 0 aliphatic heterocycles. The molecule has 0 aromatic heterocycles. The van der Waals surface area contributed by atoms with E-state index in [4.69, 9.17) is 9.47 Å². The summed E-state index contributed by atoms with van der Waals surface area (Å²) in [5, 5.41) is 2.46. The van der Waals surface area contributed by atoms with Gasteiger partial charge < -0.3 is 14.8 Å². The summed E-state index contributed by atoms with van der Waals surface area (Å²) in [5.74, 6) is -1.36. The number of esters is 1. The predicted molar refractivity (Wildman–Crippen MR) is 120 cm³/mol. The van der Waals surface area contributed by atoms with Crippen LogP contribution < -0.4 is 14.4 Å². The Balaban J connectivity index is 1.67. The highest BCUT2D eigenvalue weighted by molar-refractivity contribution is 7.92. The fourth-order valence-corrected chi connectivity index (χ4v) is 4.06. The molecule has 0 atom stereocenters. The number of methoxy groups -OCH3 is 1. The maximum absolute atomic E-state index is 13.0. The lowest BCUT2D eigenvalue weighted by Gasteiger charge is -2.20. The normalized spacial score (nSPS) is 10.9. The molecule has 0 saturated heterocycles. The van der Waals surface area contributed by atoms with Crippen LogP contribution in [0.1, 0.15) is 10.4 Å². The molecule has 8 nitrogen and oxygen atoms in total. The molecule has 0 heterocycles. The summed E-state index contributed by atoms with van der Waals surface area (Å²) in [7, 11) is -1.07. The number of carbonyl (C=O) groups excluding carboxylic acids is 2. The van der Waals surface area contributed by atoms with E-state index >= 15 is 0 Å². The van der Waals surface area contributed by atoms with Gasteiger partial charge in [-0.3, -0.25) is 9.10 Å². The minimum atomic E-state index is -3.97. The molecule has 0 unspecified atom stereocenters. The highest BCUT2D eigenvalue weighted by Crippen LogP contribution is 2.25. The molecule has 33 heavy (non-hydrogen) atoms. The summed E-state index contributed by atoms with van der Waals surface area (Å²) in [5.41, 5.74) is 0.710. The van der Waals surface area contributed by atoms with Gasteiger partial charge in [-0.15, -0.1) is 0 Å². The third-order valence-corrected chi connectivity index (χ3v) is 6.41. The van der Waals surface area contributed by atoms with Crippen LogP contribution in [0.4, 0.5) is 15.8 Å². The highest BCUT2D eigenvalue weighted by Gasteiger charge is 2.23. The highest BCUT2D eigenvalue weighted by atomic mass is 32.2. The Morgan fingerprint density at radius 3 is 2.30 bits per heavy atom. The molecule has 0 saturated carbocycles. The maximum atomic E-state index is 13.0. The molecule has 3 rings (SSSR count). The van der Waals surface area contributed by atoms with Crippen LogP contribution in [-0.2, 0) is 19.6 Å². The molecule has 0 radical (unpaired) electrons. The lowest BCUT2D eigenvalue weighted by molar-refractivity contribution is -0.119. The molecule has 1 N–H and O–H groups in total. The average Bonchev–Trinajstić information content (AvgIpc) is 2.83. The van der Waals surface area contributed by atoms with E-state index in [-0.39, 0.29) is 10.5 Å². The Bertz CT molecular complexity index is 1240. The number of nitrogens with zero attached hydrogens (tertiary/aromatic N) is 1. The first-order valence-electron chi connectivity index (χ1n) is 9.66. The monoisotopic (exact) mass is 472 g/mol. The van der Waals surface area contributed by atoms with Gasteiger partial charge in [-0.25, -0.2) is 17.6 Å². The second kappa shape index (κ2) is 10.1. The fourth-order valence-electron chi connectivity index (χ4n) is 2.82. The second-order valence-electron chi connectivity index (χ2n) is 6.83. The van der Waals surface area contributed by atoms with Crippen molar-refractivity contribution < 1.29 is 31.9 Å². The molecule has 3 aromatic rings. The van der Waals surface area contributed by atoms with Crippen LogP contribution in [0.5, 0.6) is 5.75 Å². The molecule has 0 aliphatic carbocycles. The third-order valence-electron chi connectivity index (χ3n) is 4.63. The number of nitrogens with one attached hydrogen (secondary N) is 1. The van der Waals surface area contributed by atoms with Crippen LogP contribution in [0.15, 0.2) is 77.7 Å². The van der Waals surface area contributed by atoms with Crippen molar-refractivity contribution in [2.24, 2.45) is 0 Å². The molecule has 1 amide bonds. The lowest BCUT2D eigenvalue weighted by atomic mass is 10.2.